The Balaban J connectivity index is 1.84. The van der Waals surface area contributed by atoms with Crippen molar-refractivity contribution in [2.75, 3.05) is 0 Å². The number of phenols is 1. The van der Waals surface area contributed by atoms with Crippen molar-refractivity contribution in [3.63, 3.8) is 0 Å². The van der Waals surface area contributed by atoms with Gasteiger partial charge in [-0.2, -0.15) is 0 Å². The molecule has 0 unspecified atom stereocenters. The van der Waals surface area contributed by atoms with Crippen molar-refractivity contribution in [3.8, 4) is 5.75 Å². The average Bonchev–Trinajstić information content (AvgIpc) is 2.79. The van der Waals surface area contributed by atoms with Crippen LogP contribution in [0.1, 0.15) is 36.8 Å². The first-order valence-electron chi connectivity index (χ1n) is 6.02. The van der Waals surface area contributed by atoms with Gasteiger partial charge in [0.25, 0.3) is 0 Å². The second-order valence-corrected chi connectivity index (χ2v) is 5.31. The van der Waals surface area contributed by atoms with Crippen molar-refractivity contribution < 1.29 is 5.11 Å². The molecule has 4 rings (SSSR count). The van der Waals surface area contributed by atoms with Crippen LogP contribution in [0.5, 0.6) is 5.75 Å². The Morgan fingerprint density at radius 1 is 1.44 bits per heavy atom. The van der Waals surface area contributed by atoms with Crippen LogP contribution in [0.3, 0.4) is 0 Å². The first kappa shape index (κ1) is 9.88. The molecule has 3 aliphatic carbocycles. The highest BCUT2D eigenvalue weighted by molar-refractivity contribution is 5.84. The molecule has 3 saturated carbocycles. The van der Waals surface area contributed by atoms with Gasteiger partial charge in [-0.05, 0) is 50.2 Å². The van der Waals surface area contributed by atoms with Crippen LogP contribution in [-0.4, -0.2) is 16.9 Å². The molecule has 0 amide bonds. The first-order chi connectivity index (χ1) is 7.69. The highest BCUT2D eigenvalue weighted by Gasteiger charge is 2.49. The van der Waals surface area contributed by atoms with E-state index in [-0.39, 0.29) is 5.54 Å². The van der Waals surface area contributed by atoms with Crippen LogP contribution < -0.4 is 0 Å². The summed E-state index contributed by atoms with van der Waals surface area (Å²) >= 11 is 0. The molecular formula is C14H17NO. The maximum absolute atomic E-state index is 9.88. The number of hydrogen-bond acceptors (Lipinski definition) is 2. The molecule has 0 radical (unpaired) electrons. The Labute approximate surface area is 96.0 Å². The number of aryl methyl sites for hydroxylation is 1. The zero-order valence-electron chi connectivity index (χ0n) is 9.61. The number of rotatable bonds is 2. The first-order valence-corrected chi connectivity index (χ1v) is 6.02. The SMILES string of the molecule is Cc1cccc(C=NC23CCC(C2)C3)c1O. The lowest BCUT2D eigenvalue weighted by atomic mass is 9.78. The number of phenolic OH excluding ortho intramolecular Hbond substituents is 1. The second-order valence-electron chi connectivity index (χ2n) is 5.31. The van der Waals surface area contributed by atoms with Crippen LogP contribution in [0.4, 0.5) is 0 Å². The average molecular weight is 215 g/mol. The van der Waals surface area contributed by atoms with Gasteiger partial charge in [-0.3, -0.25) is 4.99 Å². The molecule has 1 aromatic rings. The van der Waals surface area contributed by atoms with E-state index < -0.39 is 0 Å². The maximum atomic E-state index is 9.88. The smallest absolute Gasteiger partial charge is 0.127 e. The lowest BCUT2D eigenvalue weighted by molar-refractivity contribution is 0.252. The predicted octanol–water partition coefficient (Wildman–Crippen LogP) is 3.06. The summed E-state index contributed by atoms with van der Waals surface area (Å²) in [6, 6.07) is 5.81. The number of hydrogen-bond donors (Lipinski definition) is 1. The van der Waals surface area contributed by atoms with E-state index in [0.29, 0.717) is 5.75 Å². The van der Waals surface area contributed by atoms with Crippen molar-refractivity contribution >= 4 is 6.21 Å². The summed E-state index contributed by atoms with van der Waals surface area (Å²) in [7, 11) is 0. The molecule has 0 atom stereocenters. The van der Waals surface area contributed by atoms with Crippen molar-refractivity contribution in [2.24, 2.45) is 10.9 Å². The van der Waals surface area contributed by atoms with Crippen LogP contribution in [-0.2, 0) is 0 Å². The highest BCUT2D eigenvalue weighted by Crippen LogP contribution is 2.54. The molecular weight excluding hydrogens is 198 g/mol. The third-order valence-corrected chi connectivity index (χ3v) is 4.10. The van der Waals surface area contributed by atoms with E-state index in [1.54, 1.807) is 0 Å². The molecule has 0 spiro atoms. The van der Waals surface area contributed by atoms with Crippen LogP contribution >= 0.6 is 0 Å². The Hall–Kier alpha value is -1.31. The molecule has 2 heteroatoms. The number of aromatic hydroxyl groups is 1. The molecule has 3 fully saturated rings. The van der Waals surface area contributed by atoms with Crippen molar-refractivity contribution in [1.82, 2.24) is 0 Å². The number of nitrogens with zero attached hydrogens (tertiary/aromatic N) is 1. The molecule has 16 heavy (non-hydrogen) atoms. The van der Waals surface area contributed by atoms with Gasteiger partial charge in [-0.1, -0.05) is 12.1 Å². The Morgan fingerprint density at radius 2 is 2.25 bits per heavy atom. The van der Waals surface area contributed by atoms with E-state index in [4.69, 9.17) is 4.99 Å². The summed E-state index contributed by atoms with van der Waals surface area (Å²) < 4.78 is 0. The Morgan fingerprint density at radius 3 is 2.94 bits per heavy atom. The van der Waals surface area contributed by atoms with Gasteiger partial charge in [0.1, 0.15) is 5.75 Å². The molecule has 0 saturated heterocycles. The normalized spacial score (nSPS) is 31.9. The quantitative estimate of drug-likeness (QED) is 0.755. The van der Waals surface area contributed by atoms with Gasteiger partial charge < -0.3 is 5.11 Å². The third kappa shape index (κ3) is 1.44. The van der Waals surface area contributed by atoms with Gasteiger partial charge in [0.05, 0.1) is 5.54 Å². The molecule has 3 aliphatic rings. The van der Waals surface area contributed by atoms with Crippen molar-refractivity contribution in [2.45, 2.75) is 38.1 Å². The van der Waals surface area contributed by atoms with Crippen LogP contribution in [0.2, 0.25) is 0 Å². The van der Waals surface area contributed by atoms with E-state index in [0.717, 1.165) is 17.0 Å². The summed E-state index contributed by atoms with van der Waals surface area (Å²) in [6.45, 7) is 1.92. The topological polar surface area (TPSA) is 32.6 Å². The van der Waals surface area contributed by atoms with Crippen molar-refractivity contribution in [3.05, 3.63) is 29.3 Å². The fourth-order valence-electron chi connectivity index (χ4n) is 3.06. The largest absolute Gasteiger partial charge is 0.507 e. The van der Waals surface area contributed by atoms with E-state index in [1.165, 1.54) is 25.7 Å². The molecule has 0 aromatic heterocycles. The summed E-state index contributed by atoms with van der Waals surface area (Å²) in [4.78, 5) is 4.71. The fraction of sp³-hybridized carbons (Fsp3) is 0.500. The fourth-order valence-corrected chi connectivity index (χ4v) is 3.06. The van der Waals surface area contributed by atoms with Gasteiger partial charge in [0, 0.05) is 11.8 Å². The lowest BCUT2D eigenvalue weighted by Crippen LogP contribution is -2.32. The second kappa shape index (κ2) is 3.34. The van der Waals surface area contributed by atoms with E-state index in [9.17, 15) is 5.11 Å². The summed E-state index contributed by atoms with van der Waals surface area (Å²) in [5.74, 6) is 1.31. The van der Waals surface area contributed by atoms with Crippen LogP contribution in [0, 0.1) is 12.8 Å². The van der Waals surface area contributed by atoms with Gasteiger partial charge in [0.15, 0.2) is 0 Å². The molecule has 1 aromatic carbocycles. The molecule has 0 aliphatic heterocycles. The minimum Gasteiger partial charge on any atom is -0.507 e. The molecule has 2 bridgehead atoms. The molecule has 2 nitrogen and oxygen atoms in total. The minimum absolute atomic E-state index is 0.237. The standard InChI is InChI=1S/C14H17NO/c1-10-3-2-4-12(13(10)16)9-15-14-6-5-11(7-14)8-14/h2-4,9,11,16H,5-8H2,1H3. The number of fused-ring (bicyclic) bond motifs is 1. The Kier molecular flexibility index (Phi) is 2.06. The monoisotopic (exact) mass is 215 g/mol. The van der Waals surface area contributed by atoms with E-state index in [2.05, 4.69) is 0 Å². The lowest BCUT2D eigenvalue weighted by Gasteiger charge is -2.34. The zero-order chi connectivity index (χ0) is 11.2. The molecule has 0 heterocycles. The highest BCUT2D eigenvalue weighted by atomic mass is 16.3. The minimum atomic E-state index is 0.237. The number of para-hydroxylation sites is 1. The third-order valence-electron chi connectivity index (χ3n) is 4.10. The molecule has 84 valence electrons. The summed E-state index contributed by atoms with van der Waals surface area (Å²) in [6.07, 6.45) is 6.97. The predicted molar refractivity (Wildman–Crippen MR) is 65.1 cm³/mol. The summed E-state index contributed by atoms with van der Waals surface area (Å²) in [5, 5.41) is 9.88. The molecule has 1 N–H and O–H groups in total. The zero-order valence-corrected chi connectivity index (χ0v) is 9.61. The van der Waals surface area contributed by atoms with E-state index >= 15 is 0 Å². The van der Waals surface area contributed by atoms with Gasteiger partial charge in [-0.15, -0.1) is 0 Å². The van der Waals surface area contributed by atoms with Gasteiger partial charge >= 0.3 is 0 Å². The van der Waals surface area contributed by atoms with Crippen molar-refractivity contribution in [1.29, 1.82) is 0 Å². The van der Waals surface area contributed by atoms with Gasteiger partial charge in [-0.25, -0.2) is 0 Å². The van der Waals surface area contributed by atoms with Crippen LogP contribution in [0.15, 0.2) is 23.2 Å². The Bertz CT molecular complexity index is 439. The maximum Gasteiger partial charge on any atom is 0.127 e. The van der Waals surface area contributed by atoms with Gasteiger partial charge in [0.2, 0.25) is 0 Å². The van der Waals surface area contributed by atoms with E-state index in [1.807, 2.05) is 31.3 Å². The van der Waals surface area contributed by atoms with Crippen LogP contribution in [0.25, 0.3) is 0 Å². The number of aliphatic imine (C=N–C) groups is 1. The number of benzene rings is 1. The summed E-state index contributed by atoms with van der Waals surface area (Å²) in [5.41, 5.74) is 2.00.